The van der Waals surface area contributed by atoms with Crippen LogP contribution in [0.2, 0.25) is 0 Å². The summed E-state index contributed by atoms with van der Waals surface area (Å²) in [7, 11) is 0. The van der Waals surface area contributed by atoms with Gasteiger partial charge in [0.15, 0.2) is 16.8 Å². The lowest BCUT2D eigenvalue weighted by Gasteiger charge is -2.23. The van der Waals surface area contributed by atoms with E-state index in [0.717, 1.165) is 46.3 Å². The smallest absolute Gasteiger partial charge is 0.262 e. The molecule has 0 bridgehead atoms. The Kier molecular flexibility index (Phi) is 6.84. The molecule has 3 aromatic rings. The SMILES string of the molecule is Cc1ccc([C@H]2CC(c3ccc(F)cc3)=NN2C2=NC(=O)[C@H](CC(=O)Nc3ccc(F)c(F)c3)S2)cc1. The van der Waals surface area contributed by atoms with E-state index in [2.05, 4.69) is 10.3 Å². The fraction of sp³-hybridized carbons (Fsp3) is 0.185. The lowest BCUT2D eigenvalue weighted by atomic mass is 9.98. The number of aryl methyl sites for hydroxylation is 1. The summed E-state index contributed by atoms with van der Waals surface area (Å²) in [6.07, 6.45) is 0.316. The van der Waals surface area contributed by atoms with E-state index in [4.69, 9.17) is 5.10 Å². The van der Waals surface area contributed by atoms with E-state index in [9.17, 15) is 22.8 Å². The maximum absolute atomic E-state index is 13.5. The van der Waals surface area contributed by atoms with Crippen LogP contribution in [0, 0.1) is 24.4 Å². The van der Waals surface area contributed by atoms with E-state index in [1.807, 2.05) is 31.2 Å². The Balaban J connectivity index is 1.34. The lowest BCUT2D eigenvalue weighted by molar-refractivity contribution is -0.121. The molecule has 0 saturated heterocycles. The second-order valence-electron chi connectivity index (χ2n) is 8.75. The molecule has 0 unspecified atom stereocenters. The number of halogens is 3. The Labute approximate surface area is 215 Å². The molecule has 0 fully saturated rings. The van der Waals surface area contributed by atoms with Crippen LogP contribution in [0.4, 0.5) is 18.9 Å². The van der Waals surface area contributed by atoms with Gasteiger partial charge in [0.25, 0.3) is 5.91 Å². The summed E-state index contributed by atoms with van der Waals surface area (Å²) in [5, 5.41) is 8.46. The molecule has 0 aromatic heterocycles. The monoisotopic (exact) mass is 522 g/mol. The van der Waals surface area contributed by atoms with Crippen LogP contribution in [-0.4, -0.2) is 33.0 Å². The number of nitrogens with zero attached hydrogens (tertiary/aromatic N) is 3. The van der Waals surface area contributed by atoms with Crippen molar-refractivity contribution in [2.75, 3.05) is 5.32 Å². The predicted octanol–water partition coefficient (Wildman–Crippen LogP) is 5.59. The van der Waals surface area contributed by atoms with E-state index in [-0.39, 0.29) is 24.0 Å². The first kappa shape index (κ1) is 24.8. The second-order valence-corrected chi connectivity index (χ2v) is 9.92. The van der Waals surface area contributed by atoms with Crippen molar-refractivity contribution in [3.8, 4) is 0 Å². The third kappa shape index (κ3) is 5.43. The third-order valence-electron chi connectivity index (χ3n) is 6.05. The molecule has 37 heavy (non-hydrogen) atoms. The van der Waals surface area contributed by atoms with Gasteiger partial charge in [-0.05, 0) is 42.3 Å². The van der Waals surface area contributed by atoms with E-state index in [0.29, 0.717) is 11.6 Å². The van der Waals surface area contributed by atoms with Crippen molar-refractivity contribution < 1.29 is 22.8 Å². The number of hydrogen-bond acceptors (Lipinski definition) is 5. The minimum atomic E-state index is -1.08. The van der Waals surface area contributed by atoms with Crippen molar-refractivity contribution in [3.05, 3.63) is 101 Å². The summed E-state index contributed by atoms with van der Waals surface area (Å²) in [5.41, 5.74) is 3.65. The normalized spacial score (nSPS) is 19.1. The zero-order valence-electron chi connectivity index (χ0n) is 19.6. The number of hydrazone groups is 1. The summed E-state index contributed by atoms with van der Waals surface area (Å²) in [6.45, 7) is 1.99. The summed E-state index contributed by atoms with van der Waals surface area (Å²) in [5.74, 6) is -3.46. The molecular formula is C27H21F3N4O2S. The van der Waals surface area contributed by atoms with Crippen molar-refractivity contribution in [2.45, 2.75) is 31.1 Å². The fourth-order valence-corrected chi connectivity index (χ4v) is 5.17. The second kappa shape index (κ2) is 10.2. The third-order valence-corrected chi connectivity index (χ3v) is 7.19. The van der Waals surface area contributed by atoms with Gasteiger partial charge >= 0.3 is 0 Å². The molecule has 6 nitrogen and oxygen atoms in total. The summed E-state index contributed by atoms with van der Waals surface area (Å²) in [4.78, 5) is 29.4. The number of hydrogen-bond donors (Lipinski definition) is 1. The molecule has 188 valence electrons. The molecular weight excluding hydrogens is 501 g/mol. The highest BCUT2D eigenvalue weighted by atomic mass is 32.2. The molecule has 2 heterocycles. The van der Waals surface area contributed by atoms with Crippen LogP contribution in [0.5, 0.6) is 0 Å². The topological polar surface area (TPSA) is 74.1 Å². The molecule has 0 spiro atoms. The maximum atomic E-state index is 13.5. The summed E-state index contributed by atoms with van der Waals surface area (Å²) >= 11 is 1.13. The average molecular weight is 523 g/mol. The van der Waals surface area contributed by atoms with Crippen molar-refractivity contribution in [2.24, 2.45) is 10.1 Å². The number of aliphatic imine (C=N–C) groups is 1. The van der Waals surface area contributed by atoms with Crippen LogP contribution < -0.4 is 5.32 Å². The minimum absolute atomic E-state index is 0.0907. The number of rotatable bonds is 5. The van der Waals surface area contributed by atoms with E-state index < -0.39 is 28.7 Å². The Morgan fingerprint density at radius 3 is 2.46 bits per heavy atom. The van der Waals surface area contributed by atoms with Gasteiger partial charge in [-0.1, -0.05) is 53.7 Å². The zero-order valence-corrected chi connectivity index (χ0v) is 20.4. The van der Waals surface area contributed by atoms with Gasteiger partial charge in [-0.3, -0.25) is 9.59 Å². The Hall–Kier alpha value is -3.92. The van der Waals surface area contributed by atoms with Gasteiger partial charge in [0.05, 0.1) is 11.8 Å². The van der Waals surface area contributed by atoms with E-state index >= 15 is 0 Å². The fourth-order valence-electron chi connectivity index (χ4n) is 4.11. The van der Waals surface area contributed by atoms with Crippen LogP contribution >= 0.6 is 11.8 Å². The molecule has 1 N–H and O–H groups in total. The molecule has 2 atom stereocenters. The summed E-state index contributed by atoms with van der Waals surface area (Å²) in [6, 6.07) is 16.8. The molecule has 5 rings (SSSR count). The number of carbonyl (C=O) groups is 2. The first-order valence-electron chi connectivity index (χ1n) is 11.5. The largest absolute Gasteiger partial charge is 0.326 e. The van der Waals surface area contributed by atoms with Crippen LogP contribution in [0.1, 0.15) is 35.6 Å². The van der Waals surface area contributed by atoms with Crippen LogP contribution in [0.25, 0.3) is 0 Å². The van der Waals surface area contributed by atoms with E-state index in [1.54, 1.807) is 17.1 Å². The quantitative estimate of drug-likeness (QED) is 0.474. The van der Waals surface area contributed by atoms with Crippen molar-refractivity contribution >= 4 is 40.1 Å². The van der Waals surface area contributed by atoms with Crippen LogP contribution in [-0.2, 0) is 9.59 Å². The highest BCUT2D eigenvalue weighted by Crippen LogP contribution is 2.38. The standard InChI is InChI=1S/C27H21F3N4O2S/c1-15-2-4-17(5-3-15)23-13-22(16-6-8-18(28)9-7-16)33-34(23)27-32-26(36)24(37-27)14-25(35)31-19-10-11-20(29)21(30)12-19/h2-12,23-24H,13-14H2,1H3,(H,31,35)/t23-,24+/m1/s1. The highest BCUT2D eigenvalue weighted by Gasteiger charge is 2.39. The Morgan fingerprint density at radius 1 is 1.03 bits per heavy atom. The highest BCUT2D eigenvalue weighted by molar-refractivity contribution is 8.15. The number of benzene rings is 3. The van der Waals surface area contributed by atoms with Gasteiger partial charge in [0, 0.05) is 24.6 Å². The lowest BCUT2D eigenvalue weighted by Crippen LogP contribution is -2.25. The predicted molar refractivity (Wildman–Crippen MR) is 137 cm³/mol. The summed E-state index contributed by atoms with van der Waals surface area (Å²) < 4.78 is 40.1. The molecule has 3 aromatic carbocycles. The van der Waals surface area contributed by atoms with Gasteiger partial charge in [-0.2, -0.15) is 10.1 Å². The van der Waals surface area contributed by atoms with Crippen molar-refractivity contribution in [1.82, 2.24) is 5.01 Å². The molecule has 2 amide bonds. The maximum Gasteiger partial charge on any atom is 0.262 e. The number of amides is 2. The van der Waals surface area contributed by atoms with Crippen molar-refractivity contribution in [1.29, 1.82) is 0 Å². The molecule has 2 aliphatic heterocycles. The van der Waals surface area contributed by atoms with E-state index in [1.165, 1.54) is 18.2 Å². The van der Waals surface area contributed by atoms with Crippen LogP contribution in [0.15, 0.2) is 76.8 Å². The van der Waals surface area contributed by atoms with Gasteiger partial charge in [0.2, 0.25) is 5.91 Å². The van der Waals surface area contributed by atoms with Crippen molar-refractivity contribution in [3.63, 3.8) is 0 Å². The van der Waals surface area contributed by atoms with Gasteiger partial charge in [-0.25, -0.2) is 18.2 Å². The van der Waals surface area contributed by atoms with Gasteiger partial charge in [-0.15, -0.1) is 0 Å². The number of amidine groups is 1. The zero-order chi connectivity index (χ0) is 26.1. The number of carbonyl (C=O) groups excluding carboxylic acids is 2. The molecule has 10 heteroatoms. The Bertz CT molecular complexity index is 1420. The molecule has 0 radical (unpaired) electrons. The van der Waals surface area contributed by atoms with Crippen LogP contribution in [0.3, 0.4) is 0 Å². The molecule has 0 saturated carbocycles. The molecule has 2 aliphatic rings. The van der Waals surface area contributed by atoms with Gasteiger partial charge in [0.1, 0.15) is 11.1 Å². The molecule has 0 aliphatic carbocycles. The average Bonchev–Trinajstić information content (AvgIpc) is 3.46. The Morgan fingerprint density at radius 2 is 1.76 bits per heavy atom. The number of anilines is 1. The number of thioether (sulfide) groups is 1. The van der Waals surface area contributed by atoms with Gasteiger partial charge < -0.3 is 5.32 Å². The minimum Gasteiger partial charge on any atom is -0.326 e. The first-order valence-corrected chi connectivity index (χ1v) is 12.4. The first-order chi connectivity index (χ1) is 17.8. The number of nitrogens with one attached hydrogen (secondary N) is 1.